The smallest absolute Gasteiger partial charge is 0.269 e. The number of halogens is 1. The van der Waals surface area contributed by atoms with Gasteiger partial charge in [-0.1, -0.05) is 22.0 Å². The van der Waals surface area contributed by atoms with Crippen LogP contribution in [0.5, 0.6) is 0 Å². The van der Waals surface area contributed by atoms with Crippen LogP contribution in [0.25, 0.3) is 0 Å². The summed E-state index contributed by atoms with van der Waals surface area (Å²) in [6.45, 7) is 0. The summed E-state index contributed by atoms with van der Waals surface area (Å²) in [6.07, 6.45) is 0. The van der Waals surface area contributed by atoms with E-state index in [1.54, 1.807) is 18.2 Å². The van der Waals surface area contributed by atoms with E-state index in [0.29, 0.717) is 11.3 Å². The maximum absolute atomic E-state index is 12.0. The van der Waals surface area contributed by atoms with E-state index in [2.05, 4.69) is 26.6 Å². The summed E-state index contributed by atoms with van der Waals surface area (Å²) < 4.78 is 0.786. The number of thiocarbonyl (C=S) groups is 1. The Bertz CT molecular complexity index is 734. The van der Waals surface area contributed by atoms with Crippen molar-refractivity contribution in [3.8, 4) is 0 Å². The van der Waals surface area contributed by atoms with Crippen LogP contribution in [0.3, 0.4) is 0 Å². The molecule has 2 aromatic carbocycles. The highest BCUT2D eigenvalue weighted by molar-refractivity contribution is 9.10. The summed E-state index contributed by atoms with van der Waals surface area (Å²) in [5, 5.41) is 16.0. The highest BCUT2D eigenvalue weighted by Crippen LogP contribution is 2.15. The van der Waals surface area contributed by atoms with E-state index >= 15 is 0 Å². The Morgan fingerprint density at radius 2 is 1.86 bits per heavy atom. The highest BCUT2D eigenvalue weighted by atomic mass is 79.9. The lowest BCUT2D eigenvalue weighted by molar-refractivity contribution is -0.384. The summed E-state index contributed by atoms with van der Waals surface area (Å²) in [6, 6.07) is 12.6. The first-order valence-corrected chi connectivity index (χ1v) is 7.28. The third-order valence-corrected chi connectivity index (χ3v) is 3.35. The molecule has 2 rings (SSSR count). The van der Waals surface area contributed by atoms with Gasteiger partial charge < -0.3 is 5.32 Å². The van der Waals surface area contributed by atoms with Crippen LogP contribution in [0.1, 0.15) is 10.4 Å². The van der Waals surface area contributed by atoms with Crippen LogP contribution in [0, 0.1) is 10.1 Å². The second-order valence-electron chi connectivity index (χ2n) is 4.22. The van der Waals surface area contributed by atoms with Gasteiger partial charge in [-0.05, 0) is 42.5 Å². The van der Waals surface area contributed by atoms with Gasteiger partial charge in [-0.2, -0.15) is 0 Å². The molecule has 0 unspecified atom stereocenters. The molecule has 2 aromatic rings. The molecule has 2 N–H and O–H groups in total. The molecular weight excluding hydrogens is 370 g/mol. The lowest BCUT2D eigenvalue weighted by Crippen LogP contribution is -2.34. The quantitative estimate of drug-likeness (QED) is 0.484. The molecule has 0 fully saturated rings. The predicted octanol–water partition coefficient (Wildman–Crippen LogP) is 3.48. The average molecular weight is 380 g/mol. The van der Waals surface area contributed by atoms with Gasteiger partial charge in [0.1, 0.15) is 0 Å². The largest absolute Gasteiger partial charge is 0.332 e. The SMILES string of the molecule is O=C(NC(=S)Nc1ccc([N+](=O)[O-])cc1)c1cccc(Br)c1. The van der Waals surface area contributed by atoms with Crippen molar-refractivity contribution in [1.29, 1.82) is 0 Å². The second-order valence-corrected chi connectivity index (χ2v) is 5.55. The van der Waals surface area contributed by atoms with Crippen LogP contribution in [0.4, 0.5) is 11.4 Å². The number of nitrogens with one attached hydrogen (secondary N) is 2. The summed E-state index contributed by atoms with van der Waals surface area (Å²) in [5.74, 6) is -0.347. The molecule has 0 heterocycles. The van der Waals surface area contributed by atoms with Gasteiger partial charge in [0.25, 0.3) is 11.6 Å². The molecule has 8 heteroatoms. The number of carbonyl (C=O) groups is 1. The van der Waals surface area contributed by atoms with E-state index in [4.69, 9.17) is 12.2 Å². The molecule has 22 heavy (non-hydrogen) atoms. The topological polar surface area (TPSA) is 84.3 Å². The van der Waals surface area contributed by atoms with Crippen molar-refractivity contribution >= 4 is 50.5 Å². The van der Waals surface area contributed by atoms with E-state index in [1.807, 2.05) is 6.07 Å². The van der Waals surface area contributed by atoms with Crippen LogP contribution >= 0.6 is 28.1 Å². The first-order valence-electron chi connectivity index (χ1n) is 6.08. The summed E-state index contributed by atoms with van der Waals surface area (Å²) >= 11 is 8.33. The summed E-state index contributed by atoms with van der Waals surface area (Å²) in [5.41, 5.74) is 0.988. The average Bonchev–Trinajstić information content (AvgIpc) is 2.47. The number of anilines is 1. The van der Waals surface area contributed by atoms with E-state index in [-0.39, 0.29) is 16.7 Å². The molecule has 0 saturated carbocycles. The standard InChI is InChI=1S/C14H10BrN3O3S/c15-10-3-1-2-9(8-10)13(19)17-14(22)16-11-4-6-12(7-5-11)18(20)21/h1-8H,(H2,16,17,19,22). The molecule has 0 aromatic heterocycles. The minimum atomic E-state index is -0.489. The van der Waals surface area contributed by atoms with Gasteiger partial charge in [-0.25, -0.2) is 0 Å². The number of carbonyl (C=O) groups excluding carboxylic acids is 1. The first kappa shape index (κ1) is 16.1. The number of rotatable bonds is 3. The van der Waals surface area contributed by atoms with Gasteiger partial charge in [0.05, 0.1) is 4.92 Å². The number of amides is 1. The van der Waals surface area contributed by atoms with E-state index in [9.17, 15) is 14.9 Å². The van der Waals surface area contributed by atoms with Crippen LogP contribution in [-0.2, 0) is 0 Å². The van der Waals surface area contributed by atoms with Gasteiger partial charge in [0, 0.05) is 27.9 Å². The normalized spacial score (nSPS) is 9.86. The third-order valence-electron chi connectivity index (χ3n) is 2.65. The molecule has 0 aliphatic heterocycles. The van der Waals surface area contributed by atoms with Gasteiger partial charge in [-0.3, -0.25) is 20.2 Å². The zero-order chi connectivity index (χ0) is 16.1. The lowest BCUT2D eigenvalue weighted by atomic mass is 10.2. The number of nitro groups is 1. The van der Waals surface area contributed by atoms with Crippen LogP contribution < -0.4 is 10.6 Å². The van der Waals surface area contributed by atoms with E-state index < -0.39 is 4.92 Å². The maximum Gasteiger partial charge on any atom is 0.269 e. The van der Waals surface area contributed by atoms with Gasteiger partial charge >= 0.3 is 0 Å². The molecule has 0 bridgehead atoms. The molecule has 1 amide bonds. The van der Waals surface area contributed by atoms with E-state index in [0.717, 1.165) is 4.47 Å². The predicted molar refractivity (Wildman–Crippen MR) is 90.9 cm³/mol. The third kappa shape index (κ3) is 4.34. The van der Waals surface area contributed by atoms with Crippen LogP contribution in [-0.4, -0.2) is 15.9 Å². The number of non-ortho nitro benzene ring substituents is 1. The van der Waals surface area contributed by atoms with Crippen molar-refractivity contribution in [2.24, 2.45) is 0 Å². The number of benzene rings is 2. The Morgan fingerprint density at radius 1 is 1.18 bits per heavy atom. The van der Waals surface area contributed by atoms with Crippen molar-refractivity contribution in [1.82, 2.24) is 5.32 Å². The lowest BCUT2D eigenvalue weighted by Gasteiger charge is -2.09. The zero-order valence-electron chi connectivity index (χ0n) is 11.1. The molecule has 0 radical (unpaired) electrons. The van der Waals surface area contributed by atoms with Crippen LogP contribution in [0.15, 0.2) is 53.0 Å². The number of nitrogens with zero attached hydrogens (tertiary/aromatic N) is 1. The molecule has 0 atom stereocenters. The monoisotopic (exact) mass is 379 g/mol. The Hall–Kier alpha value is -2.32. The molecule has 0 aliphatic rings. The highest BCUT2D eigenvalue weighted by Gasteiger charge is 2.09. The van der Waals surface area contributed by atoms with Crippen molar-refractivity contribution < 1.29 is 9.72 Å². The fourth-order valence-corrected chi connectivity index (χ4v) is 2.24. The first-order chi connectivity index (χ1) is 10.5. The second kappa shape index (κ2) is 7.10. The minimum Gasteiger partial charge on any atom is -0.332 e. The van der Waals surface area contributed by atoms with Gasteiger partial charge in [0.2, 0.25) is 0 Å². The molecule has 0 aliphatic carbocycles. The maximum atomic E-state index is 12.0. The summed E-state index contributed by atoms with van der Waals surface area (Å²) in [7, 11) is 0. The minimum absolute atomic E-state index is 0.0189. The van der Waals surface area contributed by atoms with Gasteiger partial charge in [0.15, 0.2) is 5.11 Å². The molecule has 112 valence electrons. The van der Waals surface area contributed by atoms with Crippen molar-refractivity contribution in [2.75, 3.05) is 5.32 Å². The Kier molecular flexibility index (Phi) is 5.18. The number of hydrogen-bond acceptors (Lipinski definition) is 4. The fraction of sp³-hybridized carbons (Fsp3) is 0. The van der Waals surface area contributed by atoms with Crippen molar-refractivity contribution in [2.45, 2.75) is 0 Å². The zero-order valence-corrected chi connectivity index (χ0v) is 13.5. The van der Waals surface area contributed by atoms with Crippen molar-refractivity contribution in [3.05, 3.63) is 68.7 Å². The van der Waals surface area contributed by atoms with Crippen LogP contribution in [0.2, 0.25) is 0 Å². The van der Waals surface area contributed by atoms with Gasteiger partial charge in [-0.15, -0.1) is 0 Å². The molecular formula is C14H10BrN3O3S. The number of hydrogen-bond donors (Lipinski definition) is 2. The Labute approximate surface area is 139 Å². The molecule has 0 saturated heterocycles. The van der Waals surface area contributed by atoms with E-state index in [1.165, 1.54) is 24.3 Å². The number of nitro benzene ring substituents is 1. The fourth-order valence-electron chi connectivity index (χ4n) is 1.63. The molecule has 0 spiro atoms. The van der Waals surface area contributed by atoms with Crippen molar-refractivity contribution in [3.63, 3.8) is 0 Å². The Balaban J connectivity index is 1.98. The molecule has 6 nitrogen and oxygen atoms in total. The Morgan fingerprint density at radius 3 is 2.45 bits per heavy atom. The summed E-state index contributed by atoms with van der Waals surface area (Å²) in [4.78, 5) is 22.1.